The van der Waals surface area contributed by atoms with Crippen LogP contribution in [0.15, 0.2) is 18.2 Å². The van der Waals surface area contributed by atoms with Gasteiger partial charge in [-0.05, 0) is 18.6 Å². The standard InChI is InChI=1S/C14H18Cl2N2O4S/c1-17(2)18(10-6-7-23(20,21)9-10)13(19)8-22-14-11(15)4-3-5-12(14)16/h3-5,10H,6-9H2,1-2H3. The van der Waals surface area contributed by atoms with Gasteiger partial charge in [-0.3, -0.25) is 9.80 Å². The minimum Gasteiger partial charge on any atom is -0.481 e. The quantitative estimate of drug-likeness (QED) is 0.729. The van der Waals surface area contributed by atoms with Gasteiger partial charge in [0.25, 0.3) is 5.91 Å². The molecule has 1 heterocycles. The number of halogens is 2. The Labute approximate surface area is 145 Å². The van der Waals surface area contributed by atoms with Crippen molar-refractivity contribution in [3.05, 3.63) is 28.2 Å². The van der Waals surface area contributed by atoms with Gasteiger partial charge in [-0.15, -0.1) is 0 Å². The van der Waals surface area contributed by atoms with E-state index in [1.165, 1.54) is 5.01 Å². The van der Waals surface area contributed by atoms with Crippen LogP contribution in [0.1, 0.15) is 6.42 Å². The van der Waals surface area contributed by atoms with Crippen LogP contribution < -0.4 is 4.74 Å². The largest absolute Gasteiger partial charge is 0.481 e. The SMILES string of the molecule is CN(C)N(C(=O)COc1c(Cl)cccc1Cl)C1CCS(=O)(=O)C1. The van der Waals surface area contributed by atoms with E-state index in [-0.39, 0.29) is 35.8 Å². The molecule has 6 nitrogen and oxygen atoms in total. The lowest BCUT2D eigenvalue weighted by Gasteiger charge is -2.33. The Bertz CT molecular complexity index is 674. The number of carbonyl (C=O) groups is 1. The van der Waals surface area contributed by atoms with E-state index in [2.05, 4.69) is 0 Å². The molecule has 0 N–H and O–H groups in total. The molecule has 2 rings (SSSR count). The first-order valence-corrected chi connectivity index (χ1v) is 9.55. The number of ether oxygens (including phenoxy) is 1. The smallest absolute Gasteiger partial charge is 0.275 e. The molecule has 128 valence electrons. The molecular weight excluding hydrogens is 363 g/mol. The van der Waals surface area contributed by atoms with Crippen LogP contribution in [0.5, 0.6) is 5.75 Å². The third-order valence-corrected chi connectivity index (χ3v) is 5.85. The Kier molecular flexibility index (Phi) is 5.78. The number of hydrogen-bond acceptors (Lipinski definition) is 5. The highest BCUT2D eigenvalue weighted by Crippen LogP contribution is 2.32. The molecule has 1 aliphatic rings. The Hall–Kier alpha value is -1.02. The maximum absolute atomic E-state index is 12.5. The van der Waals surface area contributed by atoms with E-state index in [1.54, 1.807) is 37.3 Å². The predicted octanol–water partition coefficient (Wildman–Crippen LogP) is 1.86. The summed E-state index contributed by atoms with van der Waals surface area (Å²) in [6, 6.07) is 4.52. The molecule has 9 heteroatoms. The van der Waals surface area contributed by atoms with Crippen molar-refractivity contribution in [2.45, 2.75) is 12.5 Å². The summed E-state index contributed by atoms with van der Waals surface area (Å²) in [5.41, 5.74) is 0. The molecular formula is C14H18Cl2N2O4S. The van der Waals surface area contributed by atoms with Crippen LogP contribution in [0.4, 0.5) is 0 Å². The number of sulfone groups is 1. The molecule has 0 saturated carbocycles. The van der Waals surface area contributed by atoms with Crippen molar-refractivity contribution in [3.63, 3.8) is 0 Å². The fourth-order valence-electron chi connectivity index (χ4n) is 2.54. The van der Waals surface area contributed by atoms with Crippen LogP contribution in [0.25, 0.3) is 0 Å². The number of hydrogen-bond donors (Lipinski definition) is 0. The molecule has 1 unspecified atom stereocenters. The number of rotatable bonds is 5. The number of benzene rings is 1. The predicted molar refractivity (Wildman–Crippen MR) is 89.5 cm³/mol. The highest BCUT2D eigenvalue weighted by molar-refractivity contribution is 7.91. The van der Waals surface area contributed by atoms with Crippen LogP contribution >= 0.6 is 23.2 Å². The first-order valence-electron chi connectivity index (χ1n) is 6.98. The lowest BCUT2D eigenvalue weighted by Crippen LogP contribution is -2.51. The first kappa shape index (κ1) is 18.3. The van der Waals surface area contributed by atoms with Gasteiger partial charge in [0, 0.05) is 14.1 Å². The summed E-state index contributed by atoms with van der Waals surface area (Å²) in [6.07, 6.45) is 0.416. The molecule has 1 atom stereocenters. The molecule has 1 fully saturated rings. The van der Waals surface area contributed by atoms with Crippen LogP contribution in [-0.2, 0) is 14.6 Å². The first-order chi connectivity index (χ1) is 10.7. The summed E-state index contributed by atoms with van der Waals surface area (Å²) in [7, 11) is 0.280. The number of nitrogens with zero attached hydrogens (tertiary/aromatic N) is 2. The van der Waals surface area contributed by atoms with E-state index in [1.807, 2.05) is 0 Å². The van der Waals surface area contributed by atoms with Gasteiger partial charge in [-0.1, -0.05) is 29.3 Å². The fraction of sp³-hybridized carbons (Fsp3) is 0.500. The highest BCUT2D eigenvalue weighted by atomic mass is 35.5. The van der Waals surface area contributed by atoms with Crippen molar-refractivity contribution < 1.29 is 17.9 Å². The average molecular weight is 381 g/mol. The molecule has 0 radical (unpaired) electrons. The Morgan fingerprint density at radius 1 is 1.30 bits per heavy atom. The van der Waals surface area contributed by atoms with E-state index >= 15 is 0 Å². The molecule has 0 aliphatic carbocycles. The summed E-state index contributed by atoms with van der Waals surface area (Å²) in [5, 5.41) is 3.61. The van der Waals surface area contributed by atoms with Gasteiger partial charge in [0.05, 0.1) is 27.6 Å². The third kappa shape index (κ3) is 4.50. The van der Waals surface area contributed by atoms with Gasteiger partial charge in [0.15, 0.2) is 22.2 Å². The monoisotopic (exact) mass is 380 g/mol. The molecule has 0 spiro atoms. The molecule has 1 saturated heterocycles. The lowest BCUT2D eigenvalue weighted by atomic mass is 10.2. The normalized spacial score (nSPS) is 19.8. The minimum absolute atomic E-state index is 0.0379. The maximum atomic E-state index is 12.5. The topological polar surface area (TPSA) is 66.9 Å². The van der Waals surface area contributed by atoms with Crippen molar-refractivity contribution in [1.82, 2.24) is 10.0 Å². The van der Waals surface area contributed by atoms with Crippen molar-refractivity contribution in [3.8, 4) is 5.75 Å². The summed E-state index contributed by atoms with van der Waals surface area (Å²) >= 11 is 12.0. The second kappa shape index (κ2) is 7.25. The summed E-state index contributed by atoms with van der Waals surface area (Å²) in [5.74, 6) is -0.0639. The third-order valence-electron chi connectivity index (χ3n) is 3.50. The molecule has 0 bridgehead atoms. The molecule has 0 aromatic heterocycles. The number of amides is 1. The zero-order valence-corrected chi connectivity index (χ0v) is 15.2. The van der Waals surface area contributed by atoms with Gasteiger partial charge in [-0.25, -0.2) is 13.4 Å². The molecule has 1 aliphatic heterocycles. The van der Waals surface area contributed by atoms with Gasteiger partial charge >= 0.3 is 0 Å². The zero-order chi connectivity index (χ0) is 17.2. The van der Waals surface area contributed by atoms with E-state index in [0.29, 0.717) is 16.5 Å². The van der Waals surface area contributed by atoms with Crippen LogP contribution in [-0.4, -0.2) is 62.6 Å². The van der Waals surface area contributed by atoms with E-state index in [4.69, 9.17) is 27.9 Å². The van der Waals surface area contributed by atoms with E-state index in [0.717, 1.165) is 0 Å². The second-order valence-corrected chi connectivity index (χ2v) is 8.52. The summed E-state index contributed by atoms with van der Waals surface area (Å²) in [6.45, 7) is -0.280. The van der Waals surface area contributed by atoms with E-state index < -0.39 is 9.84 Å². The van der Waals surface area contributed by atoms with Gasteiger partial charge in [-0.2, -0.15) is 0 Å². The van der Waals surface area contributed by atoms with Crippen molar-refractivity contribution in [1.29, 1.82) is 0 Å². The van der Waals surface area contributed by atoms with Crippen LogP contribution in [0.2, 0.25) is 10.0 Å². The van der Waals surface area contributed by atoms with Crippen LogP contribution in [0, 0.1) is 0 Å². The summed E-state index contributed by atoms with van der Waals surface area (Å²) in [4.78, 5) is 12.5. The molecule has 1 aromatic rings. The lowest BCUT2D eigenvalue weighted by molar-refractivity contribution is -0.151. The van der Waals surface area contributed by atoms with E-state index in [9.17, 15) is 13.2 Å². The van der Waals surface area contributed by atoms with Crippen molar-refractivity contribution in [2.24, 2.45) is 0 Å². The fourth-order valence-corrected chi connectivity index (χ4v) is 4.74. The Morgan fingerprint density at radius 2 is 1.91 bits per heavy atom. The molecule has 23 heavy (non-hydrogen) atoms. The molecule has 1 amide bonds. The summed E-state index contributed by atoms with van der Waals surface area (Å²) < 4.78 is 28.7. The number of carbonyl (C=O) groups excluding carboxylic acids is 1. The van der Waals surface area contributed by atoms with Gasteiger partial charge in [0.2, 0.25) is 0 Å². The van der Waals surface area contributed by atoms with Gasteiger partial charge in [0.1, 0.15) is 0 Å². The second-order valence-electron chi connectivity index (χ2n) is 5.48. The maximum Gasteiger partial charge on any atom is 0.275 e. The highest BCUT2D eigenvalue weighted by Gasteiger charge is 2.36. The van der Waals surface area contributed by atoms with Crippen molar-refractivity contribution in [2.75, 3.05) is 32.2 Å². The average Bonchev–Trinajstić information content (AvgIpc) is 2.78. The Balaban J connectivity index is 2.08. The Morgan fingerprint density at radius 3 is 2.39 bits per heavy atom. The van der Waals surface area contributed by atoms with Crippen molar-refractivity contribution >= 4 is 38.9 Å². The van der Waals surface area contributed by atoms with Crippen LogP contribution in [0.3, 0.4) is 0 Å². The number of para-hydroxylation sites is 1. The minimum atomic E-state index is -3.09. The zero-order valence-electron chi connectivity index (χ0n) is 12.8. The number of hydrazine groups is 1. The molecule has 1 aromatic carbocycles. The van der Waals surface area contributed by atoms with Gasteiger partial charge < -0.3 is 4.74 Å².